The van der Waals surface area contributed by atoms with Crippen LogP contribution in [0, 0.1) is 18.3 Å². The van der Waals surface area contributed by atoms with E-state index in [2.05, 4.69) is 16.0 Å². The van der Waals surface area contributed by atoms with E-state index in [-0.39, 0.29) is 17.5 Å². The molecule has 7 heteroatoms. The minimum absolute atomic E-state index is 0.0958. The Hall–Kier alpha value is -1.26. The van der Waals surface area contributed by atoms with Gasteiger partial charge in [-0.25, -0.2) is 13.4 Å². The van der Waals surface area contributed by atoms with Crippen molar-refractivity contribution in [3.8, 4) is 6.07 Å². The van der Waals surface area contributed by atoms with Crippen LogP contribution in [0.2, 0.25) is 0 Å². The third-order valence-corrected chi connectivity index (χ3v) is 5.49. The van der Waals surface area contributed by atoms with E-state index in [1.165, 1.54) is 17.6 Å². The number of thiazole rings is 1. The fourth-order valence-electron chi connectivity index (χ4n) is 1.77. The highest BCUT2D eigenvalue weighted by Crippen LogP contribution is 2.20. The Labute approximate surface area is 110 Å². The van der Waals surface area contributed by atoms with Gasteiger partial charge in [0, 0.05) is 17.3 Å². The summed E-state index contributed by atoms with van der Waals surface area (Å²) in [4.78, 5) is 8.46. The van der Waals surface area contributed by atoms with Crippen LogP contribution in [0.25, 0.3) is 0 Å². The van der Waals surface area contributed by atoms with Crippen LogP contribution in [0.4, 0.5) is 0 Å². The van der Waals surface area contributed by atoms with E-state index in [1.54, 1.807) is 0 Å². The number of aliphatic imine (C=N–C) groups is 1. The zero-order valence-electron chi connectivity index (χ0n) is 9.91. The summed E-state index contributed by atoms with van der Waals surface area (Å²) in [6, 6.07) is 1.92. The van der Waals surface area contributed by atoms with E-state index in [1.807, 2.05) is 12.3 Å². The maximum Gasteiger partial charge on any atom is 0.152 e. The first kappa shape index (κ1) is 13.2. The van der Waals surface area contributed by atoms with Crippen LogP contribution in [0.3, 0.4) is 0 Å². The molecule has 1 aromatic heterocycles. The Kier molecular flexibility index (Phi) is 3.78. The molecule has 0 aliphatic carbocycles. The fourth-order valence-corrected chi connectivity index (χ4v) is 4.21. The first-order chi connectivity index (χ1) is 8.50. The van der Waals surface area contributed by atoms with Gasteiger partial charge >= 0.3 is 0 Å². The molecule has 18 heavy (non-hydrogen) atoms. The topological polar surface area (TPSA) is 83.2 Å². The van der Waals surface area contributed by atoms with Gasteiger partial charge in [0.2, 0.25) is 0 Å². The highest BCUT2D eigenvalue weighted by Gasteiger charge is 2.27. The summed E-state index contributed by atoms with van der Waals surface area (Å²) in [5, 5.41) is 11.7. The standard InChI is InChI=1S/C11H13N3O2S2/c1-8-6-17-11(14-8)9(4-12)5-13-10-2-3-18(15,16)7-10/h5-6,9-10H,2-3,7H2,1H3/t9-,10+/m1/s1. The minimum Gasteiger partial charge on any atom is -0.291 e. The molecule has 0 aromatic carbocycles. The normalized spacial score (nSPS) is 24.1. The number of nitrogens with zero attached hydrogens (tertiary/aromatic N) is 3. The monoisotopic (exact) mass is 283 g/mol. The maximum atomic E-state index is 11.3. The van der Waals surface area contributed by atoms with Crippen molar-refractivity contribution in [1.82, 2.24) is 4.98 Å². The SMILES string of the molecule is Cc1csc([C@H](C#N)C=N[C@H]2CCS(=O)(=O)C2)n1. The number of nitriles is 1. The predicted molar refractivity (Wildman–Crippen MR) is 70.8 cm³/mol. The number of hydrogen-bond acceptors (Lipinski definition) is 6. The molecule has 1 saturated heterocycles. The molecular weight excluding hydrogens is 270 g/mol. The van der Waals surface area contributed by atoms with Crippen molar-refractivity contribution in [1.29, 1.82) is 5.26 Å². The Bertz CT molecular complexity index is 598. The average molecular weight is 283 g/mol. The van der Waals surface area contributed by atoms with Crippen LogP contribution >= 0.6 is 11.3 Å². The molecule has 1 aromatic rings. The molecule has 0 amide bonds. The van der Waals surface area contributed by atoms with Gasteiger partial charge in [-0.1, -0.05) is 0 Å². The van der Waals surface area contributed by atoms with Crippen LogP contribution in [0.15, 0.2) is 10.4 Å². The first-order valence-corrected chi connectivity index (χ1v) is 8.25. The summed E-state index contributed by atoms with van der Waals surface area (Å²) >= 11 is 1.42. The molecule has 0 saturated carbocycles. The second-order valence-electron chi connectivity index (χ2n) is 4.29. The summed E-state index contributed by atoms with van der Waals surface area (Å²) in [5.74, 6) is -0.187. The van der Waals surface area contributed by atoms with Crippen LogP contribution in [0.1, 0.15) is 23.0 Å². The van der Waals surface area contributed by atoms with Crippen molar-refractivity contribution in [2.24, 2.45) is 4.99 Å². The van der Waals surface area contributed by atoms with E-state index >= 15 is 0 Å². The molecule has 0 bridgehead atoms. The van der Waals surface area contributed by atoms with Crippen molar-refractivity contribution in [3.05, 3.63) is 16.1 Å². The van der Waals surface area contributed by atoms with E-state index < -0.39 is 15.8 Å². The van der Waals surface area contributed by atoms with Crippen molar-refractivity contribution in [2.75, 3.05) is 11.5 Å². The van der Waals surface area contributed by atoms with Gasteiger partial charge in [0.1, 0.15) is 10.9 Å². The molecule has 5 nitrogen and oxygen atoms in total. The molecule has 1 fully saturated rings. The molecule has 0 spiro atoms. The summed E-state index contributed by atoms with van der Waals surface area (Å²) in [7, 11) is -2.92. The second-order valence-corrected chi connectivity index (χ2v) is 7.41. The molecule has 0 N–H and O–H groups in total. The number of aromatic nitrogens is 1. The quantitative estimate of drug-likeness (QED) is 0.783. The maximum absolute atomic E-state index is 11.3. The third-order valence-electron chi connectivity index (χ3n) is 2.70. The van der Waals surface area contributed by atoms with Crippen LogP contribution in [-0.2, 0) is 9.84 Å². The van der Waals surface area contributed by atoms with Crippen molar-refractivity contribution < 1.29 is 8.42 Å². The predicted octanol–water partition coefficient (Wildman–Crippen LogP) is 1.32. The number of aryl methyl sites for hydroxylation is 1. The Morgan fingerprint density at radius 1 is 1.72 bits per heavy atom. The van der Waals surface area contributed by atoms with E-state index in [0.717, 1.165) is 5.69 Å². The number of rotatable bonds is 3. The van der Waals surface area contributed by atoms with Gasteiger partial charge in [-0.3, -0.25) is 4.99 Å². The molecular formula is C11H13N3O2S2. The fraction of sp³-hybridized carbons (Fsp3) is 0.545. The molecule has 1 aliphatic heterocycles. The third kappa shape index (κ3) is 3.15. The second kappa shape index (κ2) is 5.16. The van der Waals surface area contributed by atoms with Gasteiger partial charge in [0.25, 0.3) is 0 Å². The zero-order valence-corrected chi connectivity index (χ0v) is 11.5. The minimum atomic E-state index is -2.92. The molecule has 2 atom stereocenters. The number of sulfone groups is 1. The Balaban J connectivity index is 2.06. The molecule has 2 heterocycles. The van der Waals surface area contributed by atoms with Crippen LogP contribution in [0.5, 0.6) is 0 Å². The lowest BCUT2D eigenvalue weighted by atomic mass is 10.2. The van der Waals surface area contributed by atoms with E-state index in [4.69, 9.17) is 5.26 Å². The average Bonchev–Trinajstić information content (AvgIpc) is 2.86. The highest BCUT2D eigenvalue weighted by atomic mass is 32.2. The highest BCUT2D eigenvalue weighted by molar-refractivity contribution is 7.91. The van der Waals surface area contributed by atoms with Gasteiger partial charge in [0.05, 0.1) is 23.6 Å². The molecule has 0 radical (unpaired) electrons. The Morgan fingerprint density at radius 3 is 3.00 bits per heavy atom. The van der Waals surface area contributed by atoms with Crippen LogP contribution < -0.4 is 0 Å². The summed E-state index contributed by atoms with van der Waals surface area (Å²) in [6.07, 6.45) is 2.08. The summed E-state index contributed by atoms with van der Waals surface area (Å²) < 4.78 is 22.6. The molecule has 96 valence electrons. The van der Waals surface area contributed by atoms with E-state index in [9.17, 15) is 8.42 Å². The van der Waals surface area contributed by atoms with Crippen molar-refractivity contribution >= 4 is 27.4 Å². The lowest BCUT2D eigenvalue weighted by Gasteiger charge is -2.01. The lowest BCUT2D eigenvalue weighted by Crippen LogP contribution is -2.09. The van der Waals surface area contributed by atoms with Crippen molar-refractivity contribution in [2.45, 2.75) is 25.3 Å². The largest absolute Gasteiger partial charge is 0.291 e. The van der Waals surface area contributed by atoms with E-state index in [0.29, 0.717) is 11.4 Å². The van der Waals surface area contributed by atoms with Gasteiger partial charge in [-0.05, 0) is 13.3 Å². The van der Waals surface area contributed by atoms with Gasteiger partial charge in [0.15, 0.2) is 9.84 Å². The van der Waals surface area contributed by atoms with Crippen molar-refractivity contribution in [3.63, 3.8) is 0 Å². The zero-order chi connectivity index (χ0) is 13.2. The molecule has 1 aliphatic rings. The number of hydrogen-bond donors (Lipinski definition) is 0. The molecule has 0 unspecified atom stereocenters. The van der Waals surface area contributed by atoms with Crippen LogP contribution in [-0.4, -0.2) is 37.2 Å². The van der Waals surface area contributed by atoms with Gasteiger partial charge < -0.3 is 0 Å². The molecule has 2 rings (SSSR count). The Morgan fingerprint density at radius 2 is 2.50 bits per heavy atom. The summed E-state index contributed by atoms with van der Waals surface area (Å²) in [5.41, 5.74) is 0.882. The van der Waals surface area contributed by atoms with Gasteiger partial charge in [-0.15, -0.1) is 11.3 Å². The summed E-state index contributed by atoms with van der Waals surface area (Å²) in [6.45, 7) is 1.87. The smallest absolute Gasteiger partial charge is 0.152 e. The first-order valence-electron chi connectivity index (χ1n) is 5.55. The van der Waals surface area contributed by atoms with Gasteiger partial charge in [-0.2, -0.15) is 5.26 Å². The lowest BCUT2D eigenvalue weighted by molar-refractivity contribution is 0.601.